The van der Waals surface area contributed by atoms with E-state index in [4.69, 9.17) is 16.3 Å². The number of alkyl halides is 1. The zero-order valence-corrected chi connectivity index (χ0v) is 11.4. The van der Waals surface area contributed by atoms with Gasteiger partial charge in [-0.2, -0.15) is 5.10 Å². The summed E-state index contributed by atoms with van der Waals surface area (Å²) in [6, 6.07) is 8.04. The van der Waals surface area contributed by atoms with Gasteiger partial charge in [-0.25, -0.2) is 0 Å². The first-order chi connectivity index (χ1) is 8.72. The summed E-state index contributed by atoms with van der Waals surface area (Å²) in [7, 11) is 1.94. The maximum absolute atomic E-state index is 5.91. The second kappa shape index (κ2) is 5.91. The SMILES string of the molecule is Cc1cccc(CCl)c1OCCc1ccnn1C. The molecular weight excluding hydrogens is 248 g/mol. The maximum atomic E-state index is 5.91. The molecule has 0 saturated heterocycles. The van der Waals surface area contributed by atoms with Crippen molar-refractivity contribution >= 4 is 11.6 Å². The number of rotatable bonds is 5. The zero-order valence-electron chi connectivity index (χ0n) is 10.7. The molecule has 3 nitrogen and oxygen atoms in total. The lowest BCUT2D eigenvalue weighted by molar-refractivity contribution is 0.314. The molecule has 0 saturated carbocycles. The number of ether oxygens (including phenoxy) is 1. The minimum absolute atomic E-state index is 0.475. The summed E-state index contributed by atoms with van der Waals surface area (Å²) in [5.41, 5.74) is 3.33. The number of aromatic nitrogens is 2. The number of benzene rings is 1. The van der Waals surface area contributed by atoms with Crippen LogP contribution in [0.1, 0.15) is 16.8 Å². The molecule has 0 unspecified atom stereocenters. The van der Waals surface area contributed by atoms with Crippen molar-refractivity contribution in [1.29, 1.82) is 0 Å². The normalized spacial score (nSPS) is 10.6. The molecule has 18 heavy (non-hydrogen) atoms. The number of halogens is 1. The van der Waals surface area contributed by atoms with Gasteiger partial charge >= 0.3 is 0 Å². The highest BCUT2D eigenvalue weighted by molar-refractivity contribution is 6.17. The summed E-state index contributed by atoms with van der Waals surface area (Å²) in [5.74, 6) is 1.39. The van der Waals surface area contributed by atoms with E-state index in [1.165, 1.54) is 0 Å². The summed E-state index contributed by atoms with van der Waals surface area (Å²) in [5, 5.41) is 4.13. The Bertz CT molecular complexity index is 522. The summed E-state index contributed by atoms with van der Waals surface area (Å²) in [6.07, 6.45) is 2.64. The van der Waals surface area contributed by atoms with Crippen LogP contribution in [-0.2, 0) is 19.3 Å². The molecule has 0 spiro atoms. The van der Waals surface area contributed by atoms with E-state index in [1.807, 2.05) is 42.9 Å². The van der Waals surface area contributed by atoms with E-state index >= 15 is 0 Å². The van der Waals surface area contributed by atoms with E-state index in [1.54, 1.807) is 6.20 Å². The molecule has 0 amide bonds. The van der Waals surface area contributed by atoms with Crippen LogP contribution in [0.3, 0.4) is 0 Å². The third-order valence-electron chi connectivity index (χ3n) is 2.96. The van der Waals surface area contributed by atoms with Gasteiger partial charge in [-0.05, 0) is 18.6 Å². The van der Waals surface area contributed by atoms with Crippen LogP contribution in [-0.4, -0.2) is 16.4 Å². The Kier molecular flexibility index (Phi) is 4.26. The Morgan fingerprint density at radius 2 is 2.17 bits per heavy atom. The highest BCUT2D eigenvalue weighted by atomic mass is 35.5. The molecule has 0 atom stereocenters. The topological polar surface area (TPSA) is 27.1 Å². The number of aryl methyl sites for hydroxylation is 2. The van der Waals surface area contributed by atoms with Gasteiger partial charge in [-0.15, -0.1) is 11.6 Å². The van der Waals surface area contributed by atoms with Crippen molar-refractivity contribution in [3.8, 4) is 5.75 Å². The fourth-order valence-corrected chi connectivity index (χ4v) is 2.14. The Hall–Kier alpha value is -1.48. The first kappa shape index (κ1) is 13.0. The summed E-state index contributed by atoms with van der Waals surface area (Å²) < 4.78 is 7.73. The van der Waals surface area contributed by atoms with Crippen LogP contribution in [0.4, 0.5) is 0 Å². The molecule has 96 valence electrons. The molecule has 0 N–H and O–H groups in total. The largest absolute Gasteiger partial charge is 0.493 e. The Labute approximate surface area is 112 Å². The Balaban J connectivity index is 2.00. The maximum Gasteiger partial charge on any atom is 0.126 e. The van der Waals surface area contributed by atoms with E-state index < -0.39 is 0 Å². The Morgan fingerprint density at radius 1 is 1.33 bits per heavy atom. The smallest absolute Gasteiger partial charge is 0.126 e. The molecule has 0 aliphatic carbocycles. The number of hydrogen-bond donors (Lipinski definition) is 0. The second-order valence-corrected chi connectivity index (χ2v) is 4.51. The van der Waals surface area contributed by atoms with Gasteiger partial charge in [0.25, 0.3) is 0 Å². The fourth-order valence-electron chi connectivity index (χ4n) is 1.93. The van der Waals surface area contributed by atoms with Gasteiger partial charge in [-0.3, -0.25) is 4.68 Å². The van der Waals surface area contributed by atoms with Crippen LogP contribution in [0.25, 0.3) is 0 Å². The lowest BCUT2D eigenvalue weighted by Gasteiger charge is -2.12. The standard InChI is InChI=1S/C14H17ClN2O/c1-11-4-3-5-12(10-15)14(11)18-9-7-13-6-8-16-17(13)2/h3-6,8H,7,9-10H2,1-2H3. The monoisotopic (exact) mass is 264 g/mol. The van der Waals surface area contributed by atoms with Gasteiger partial charge in [0.05, 0.1) is 12.5 Å². The van der Waals surface area contributed by atoms with E-state index in [-0.39, 0.29) is 0 Å². The van der Waals surface area contributed by atoms with Gasteiger partial charge in [0, 0.05) is 30.9 Å². The minimum Gasteiger partial charge on any atom is -0.493 e. The molecule has 0 fully saturated rings. The van der Waals surface area contributed by atoms with Crippen molar-refractivity contribution in [2.45, 2.75) is 19.2 Å². The Morgan fingerprint density at radius 3 is 2.83 bits per heavy atom. The summed E-state index contributed by atoms with van der Waals surface area (Å²) >= 11 is 5.91. The van der Waals surface area contributed by atoms with Crippen LogP contribution >= 0.6 is 11.6 Å². The van der Waals surface area contributed by atoms with Crippen LogP contribution in [0, 0.1) is 6.92 Å². The lowest BCUT2D eigenvalue weighted by Crippen LogP contribution is -2.07. The zero-order chi connectivity index (χ0) is 13.0. The molecule has 0 aliphatic rings. The van der Waals surface area contributed by atoms with Gasteiger partial charge in [0.15, 0.2) is 0 Å². The van der Waals surface area contributed by atoms with Crippen LogP contribution in [0.15, 0.2) is 30.5 Å². The highest BCUT2D eigenvalue weighted by Gasteiger charge is 2.06. The molecule has 0 aliphatic heterocycles. The lowest BCUT2D eigenvalue weighted by atomic mass is 10.1. The van der Waals surface area contributed by atoms with Crippen LogP contribution in [0.5, 0.6) is 5.75 Å². The number of nitrogens with zero attached hydrogens (tertiary/aromatic N) is 2. The highest BCUT2D eigenvalue weighted by Crippen LogP contribution is 2.24. The minimum atomic E-state index is 0.475. The van der Waals surface area contributed by atoms with Crippen molar-refractivity contribution in [1.82, 2.24) is 9.78 Å². The summed E-state index contributed by atoms with van der Waals surface area (Å²) in [6.45, 7) is 2.67. The molecular formula is C14H17ClN2O. The summed E-state index contributed by atoms with van der Waals surface area (Å²) in [4.78, 5) is 0. The first-order valence-electron chi connectivity index (χ1n) is 5.96. The van der Waals surface area contributed by atoms with Crippen molar-refractivity contribution in [2.75, 3.05) is 6.61 Å². The number of hydrogen-bond acceptors (Lipinski definition) is 2. The molecule has 0 bridgehead atoms. The van der Waals surface area contributed by atoms with Crippen LogP contribution < -0.4 is 4.74 Å². The molecule has 2 aromatic rings. The average Bonchev–Trinajstić information content (AvgIpc) is 2.77. The van der Waals surface area contributed by atoms with Gasteiger partial charge in [-0.1, -0.05) is 18.2 Å². The van der Waals surface area contributed by atoms with Crippen molar-refractivity contribution in [3.05, 3.63) is 47.3 Å². The second-order valence-electron chi connectivity index (χ2n) is 4.24. The quantitative estimate of drug-likeness (QED) is 0.776. The molecule has 1 heterocycles. The molecule has 4 heteroatoms. The average molecular weight is 265 g/mol. The van der Waals surface area contributed by atoms with Gasteiger partial charge < -0.3 is 4.74 Å². The predicted molar refractivity (Wildman–Crippen MR) is 73.1 cm³/mol. The third kappa shape index (κ3) is 2.85. The van der Waals surface area contributed by atoms with Crippen LogP contribution in [0.2, 0.25) is 0 Å². The van der Waals surface area contributed by atoms with Gasteiger partial charge in [0.2, 0.25) is 0 Å². The van der Waals surface area contributed by atoms with Crippen molar-refractivity contribution in [2.24, 2.45) is 7.05 Å². The molecule has 2 rings (SSSR count). The van der Waals surface area contributed by atoms with E-state index in [9.17, 15) is 0 Å². The number of para-hydroxylation sites is 1. The first-order valence-corrected chi connectivity index (χ1v) is 6.50. The third-order valence-corrected chi connectivity index (χ3v) is 3.25. The fraction of sp³-hybridized carbons (Fsp3) is 0.357. The molecule has 1 aromatic heterocycles. The van der Waals surface area contributed by atoms with E-state index in [0.29, 0.717) is 12.5 Å². The van der Waals surface area contributed by atoms with Crippen molar-refractivity contribution < 1.29 is 4.74 Å². The van der Waals surface area contributed by atoms with Gasteiger partial charge in [0.1, 0.15) is 5.75 Å². The van der Waals surface area contributed by atoms with E-state index in [2.05, 4.69) is 5.10 Å². The van der Waals surface area contributed by atoms with E-state index in [0.717, 1.165) is 29.0 Å². The van der Waals surface area contributed by atoms with Crippen molar-refractivity contribution in [3.63, 3.8) is 0 Å². The predicted octanol–water partition coefficient (Wildman–Crippen LogP) is 3.09. The molecule has 0 radical (unpaired) electrons. The molecule has 1 aromatic carbocycles.